The van der Waals surface area contributed by atoms with Crippen LogP contribution in [0.15, 0.2) is 42.5 Å². The summed E-state index contributed by atoms with van der Waals surface area (Å²) in [6.07, 6.45) is 0.519. The predicted octanol–water partition coefficient (Wildman–Crippen LogP) is 2.59. The molecule has 0 bridgehead atoms. The van der Waals surface area contributed by atoms with Gasteiger partial charge < -0.3 is 9.47 Å². The SMILES string of the molecule is COc1cccc(CC(NN)c2c(F)cccc2OC)c1. The normalized spacial score (nSPS) is 12.0. The van der Waals surface area contributed by atoms with Crippen LogP contribution in [0.25, 0.3) is 0 Å². The molecule has 4 nitrogen and oxygen atoms in total. The minimum absolute atomic E-state index is 0.347. The summed E-state index contributed by atoms with van der Waals surface area (Å²) in [5, 5.41) is 0. The van der Waals surface area contributed by atoms with Gasteiger partial charge in [0, 0.05) is 5.56 Å². The summed E-state index contributed by atoms with van der Waals surface area (Å²) in [4.78, 5) is 0. The van der Waals surface area contributed by atoms with Crippen LogP contribution in [0.1, 0.15) is 17.2 Å². The van der Waals surface area contributed by atoms with Gasteiger partial charge in [0.1, 0.15) is 17.3 Å². The summed E-state index contributed by atoms with van der Waals surface area (Å²) < 4.78 is 24.5. The summed E-state index contributed by atoms with van der Waals surface area (Å²) >= 11 is 0. The quantitative estimate of drug-likeness (QED) is 0.634. The van der Waals surface area contributed by atoms with E-state index in [1.54, 1.807) is 19.2 Å². The zero-order valence-electron chi connectivity index (χ0n) is 12.1. The van der Waals surface area contributed by atoms with Gasteiger partial charge in [0.2, 0.25) is 0 Å². The van der Waals surface area contributed by atoms with Crippen LogP contribution in [0.3, 0.4) is 0 Å². The molecule has 0 fully saturated rings. The van der Waals surface area contributed by atoms with Crippen LogP contribution in [0, 0.1) is 5.82 Å². The largest absolute Gasteiger partial charge is 0.497 e. The summed E-state index contributed by atoms with van der Waals surface area (Å²) in [5.74, 6) is 6.49. The molecule has 1 unspecified atom stereocenters. The summed E-state index contributed by atoms with van der Waals surface area (Å²) in [5.41, 5.74) is 4.07. The van der Waals surface area contributed by atoms with Gasteiger partial charge in [0.15, 0.2) is 0 Å². The van der Waals surface area contributed by atoms with Gasteiger partial charge in [-0.25, -0.2) is 4.39 Å². The lowest BCUT2D eigenvalue weighted by molar-refractivity contribution is 0.390. The van der Waals surface area contributed by atoms with E-state index in [4.69, 9.17) is 15.3 Å². The molecule has 0 aliphatic heterocycles. The smallest absolute Gasteiger partial charge is 0.131 e. The average molecular weight is 290 g/mol. The lowest BCUT2D eigenvalue weighted by atomic mass is 9.98. The number of benzene rings is 2. The van der Waals surface area contributed by atoms with Crippen molar-refractivity contribution in [2.45, 2.75) is 12.5 Å². The number of hydrazine groups is 1. The van der Waals surface area contributed by atoms with Crippen LogP contribution >= 0.6 is 0 Å². The number of methoxy groups -OCH3 is 2. The van der Waals surface area contributed by atoms with E-state index in [0.717, 1.165) is 11.3 Å². The summed E-state index contributed by atoms with van der Waals surface area (Å²) in [6, 6.07) is 11.9. The molecule has 0 amide bonds. The Morgan fingerprint density at radius 2 is 1.90 bits per heavy atom. The second kappa shape index (κ2) is 7.06. The number of hydrogen-bond acceptors (Lipinski definition) is 4. The highest BCUT2D eigenvalue weighted by atomic mass is 19.1. The molecule has 112 valence electrons. The van der Waals surface area contributed by atoms with Gasteiger partial charge in [-0.05, 0) is 36.2 Å². The number of nitrogens with two attached hydrogens (primary N) is 1. The van der Waals surface area contributed by atoms with Crippen molar-refractivity contribution in [3.8, 4) is 11.5 Å². The molecule has 0 aliphatic rings. The van der Waals surface area contributed by atoms with E-state index >= 15 is 0 Å². The monoisotopic (exact) mass is 290 g/mol. The molecule has 0 radical (unpaired) electrons. The highest BCUT2D eigenvalue weighted by molar-refractivity contribution is 5.39. The summed E-state index contributed by atoms with van der Waals surface area (Å²) in [6.45, 7) is 0. The third-order valence-corrected chi connectivity index (χ3v) is 3.36. The molecule has 5 heteroatoms. The maximum Gasteiger partial charge on any atom is 0.131 e. The van der Waals surface area contributed by atoms with Gasteiger partial charge in [-0.15, -0.1) is 0 Å². The van der Waals surface area contributed by atoms with Crippen LogP contribution in [-0.4, -0.2) is 14.2 Å². The number of hydrogen-bond donors (Lipinski definition) is 2. The van der Waals surface area contributed by atoms with Crippen LogP contribution in [0.4, 0.5) is 4.39 Å². The molecule has 21 heavy (non-hydrogen) atoms. The molecule has 0 saturated heterocycles. The average Bonchev–Trinajstić information content (AvgIpc) is 2.53. The Labute approximate surface area is 123 Å². The Balaban J connectivity index is 2.32. The lowest BCUT2D eigenvalue weighted by Gasteiger charge is -2.20. The van der Waals surface area contributed by atoms with Gasteiger partial charge in [0.05, 0.1) is 20.3 Å². The topological polar surface area (TPSA) is 56.5 Å². The van der Waals surface area contributed by atoms with Crippen molar-refractivity contribution in [3.05, 3.63) is 59.4 Å². The lowest BCUT2D eigenvalue weighted by Crippen LogP contribution is -2.30. The van der Waals surface area contributed by atoms with Crippen molar-refractivity contribution in [3.63, 3.8) is 0 Å². The van der Waals surface area contributed by atoms with Gasteiger partial charge >= 0.3 is 0 Å². The number of halogens is 1. The zero-order valence-corrected chi connectivity index (χ0v) is 12.1. The second-order valence-corrected chi connectivity index (χ2v) is 4.63. The number of rotatable bonds is 6. The fourth-order valence-corrected chi connectivity index (χ4v) is 2.31. The Morgan fingerprint density at radius 3 is 2.57 bits per heavy atom. The van der Waals surface area contributed by atoms with Gasteiger partial charge in [-0.2, -0.15) is 0 Å². The minimum atomic E-state index is -0.395. The summed E-state index contributed by atoms with van der Waals surface area (Å²) in [7, 11) is 3.12. The first-order chi connectivity index (χ1) is 10.2. The fraction of sp³-hybridized carbons (Fsp3) is 0.250. The molecule has 2 rings (SSSR count). The van der Waals surface area contributed by atoms with Crippen molar-refractivity contribution < 1.29 is 13.9 Å². The van der Waals surface area contributed by atoms with E-state index in [-0.39, 0.29) is 5.82 Å². The molecule has 0 spiro atoms. The molecule has 0 aromatic heterocycles. The number of nitrogens with one attached hydrogen (secondary N) is 1. The highest BCUT2D eigenvalue weighted by Gasteiger charge is 2.20. The van der Waals surface area contributed by atoms with E-state index in [1.807, 2.05) is 24.3 Å². The Hall–Kier alpha value is -2.11. The van der Waals surface area contributed by atoms with E-state index in [0.29, 0.717) is 17.7 Å². The molecule has 0 saturated carbocycles. The Morgan fingerprint density at radius 1 is 1.14 bits per heavy atom. The Kier molecular flexibility index (Phi) is 5.14. The van der Waals surface area contributed by atoms with E-state index in [2.05, 4.69) is 5.43 Å². The molecule has 2 aromatic rings. The van der Waals surface area contributed by atoms with Crippen molar-refractivity contribution >= 4 is 0 Å². The van der Waals surface area contributed by atoms with E-state index in [9.17, 15) is 4.39 Å². The van der Waals surface area contributed by atoms with Gasteiger partial charge in [-0.1, -0.05) is 18.2 Å². The van der Waals surface area contributed by atoms with Crippen molar-refractivity contribution in [2.75, 3.05) is 14.2 Å². The third-order valence-electron chi connectivity index (χ3n) is 3.36. The maximum absolute atomic E-state index is 14.1. The Bertz CT molecular complexity index is 605. The van der Waals surface area contributed by atoms with Crippen LogP contribution in [0.5, 0.6) is 11.5 Å². The van der Waals surface area contributed by atoms with Gasteiger partial charge in [0.25, 0.3) is 0 Å². The number of ether oxygens (including phenoxy) is 2. The first-order valence-electron chi connectivity index (χ1n) is 6.61. The van der Waals surface area contributed by atoms with Crippen LogP contribution < -0.4 is 20.7 Å². The molecule has 3 N–H and O–H groups in total. The highest BCUT2D eigenvalue weighted by Crippen LogP contribution is 2.30. The van der Waals surface area contributed by atoms with Crippen molar-refractivity contribution in [2.24, 2.45) is 5.84 Å². The minimum Gasteiger partial charge on any atom is -0.497 e. The second-order valence-electron chi connectivity index (χ2n) is 4.63. The molecule has 0 heterocycles. The predicted molar refractivity (Wildman–Crippen MR) is 79.7 cm³/mol. The first-order valence-corrected chi connectivity index (χ1v) is 6.61. The van der Waals surface area contributed by atoms with Gasteiger partial charge in [-0.3, -0.25) is 11.3 Å². The van der Waals surface area contributed by atoms with E-state index in [1.165, 1.54) is 13.2 Å². The van der Waals surface area contributed by atoms with E-state index < -0.39 is 6.04 Å². The molecule has 2 aromatic carbocycles. The van der Waals surface area contributed by atoms with Crippen LogP contribution in [-0.2, 0) is 6.42 Å². The molecule has 0 aliphatic carbocycles. The first kappa shape index (κ1) is 15.3. The molecular weight excluding hydrogens is 271 g/mol. The molecule has 1 atom stereocenters. The zero-order chi connectivity index (χ0) is 15.2. The van der Waals surface area contributed by atoms with Crippen molar-refractivity contribution in [1.82, 2.24) is 5.43 Å². The third kappa shape index (κ3) is 3.51. The van der Waals surface area contributed by atoms with Crippen LogP contribution in [0.2, 0.25) is 0 Å². The molecular formula is C16H19FN2O2. The maximum atomic E-state index is 14.1. The fourth-order valence-electron chi connectivity index (χ4n) is 2.31. The standard InChI is InChI=1S/C16H19FN2O2/c1-20-12-6-3-5-11(9-12)10-14(19-18)16-13(17)7-4-8-15(16)21-2/h3-9,14,19H,10,18H2,1-2H3. The van der Waals surface area contributed by atoms with Crippen molar-refractivity contribution in [1.29, 1.82) is 0 Å².